The number of hydrogen-bond acceptors (Lipinski definition) is 4. The van der Waals surface area contributed by atoms with Crippen LogP contribution in [0.25, 0.3) is 0 Å². The summed E-state index contributed by atoms with van der Waals surface area (Å²) in [5.41, 5.74) is 0.595. The fourth-order valence-corrected chi connectivity index (χ4v) is 2.79. The molecular weight excluding hydrogens is 330 g/mol. The Balaban J connectivity index is 1.58. The maximum atomic E-state index is 12.5. The predicted octanol–water partition coefficient (Wildman–Crippen LogP) is 3.08. The average Bonchev–Trinajstić information content (AvgIpc) is 3.04. The van der Waals surface area contributed by atoms with Crippen LogP contribution in [0.2, 0.25) is 0 Å². The largest absolute Gasteiger partial charge is 0.433 e. The monoisotopic (exact) mass is 348 g/mol. The SMILES string of the molecule is O=C(Nc1ccccn1)NC1CCN(c2ccccc2OC(F)F)C1. The van der Waals surface area contributed by atoms with Gasteiger partial charge in [0.05, 0.1) is 5.69 Å². The summed E-state index contributed by atoms with van der Waals surface area (Å²) in [4.78, 5) is 18.0. The Morgan fingerprint density at radius 3 is 2.80 bits per heavy atom. The Bertz CT molecular complexity index is 715. The zero-order chi connectivity index (χ0) is 17.6. The smallest absolute Gasteiger partial charge is 0.387 e. The minimum absolute atomic E-state index is 0.0941. The van der Waals surface area contributed by atoms with Gasteiger partial charge in [-0.15, -0.1) is 0 Å². The first-order chi connectivity index (χ1) is 12.1. The first-order valence-corrected chi connectivity index (χ1v) is 7.89. The number of hydrogen-bond donors (Lipinski definition) is 2. The number of alkyl halides is 2. The van der Waals surface area contributed by atoms with E-state index in [9.17, 15) is 13.6 Å². The normalized spacial score (nSPS) is 16.8. The van der Waals surface area contributed by atoms with E-state index in [1.165, 1.54) is 6.07 Å². The highest BCUT2D eigenvalue weighted by atomic mass is 19.3. The summed E-state index contributed by atoms with van der Waals surface area (Å²) >= 11 is 0. The second-order valence-electron chi connectivity index (χ2n) is 5.59. The van der Waals surface area contributed by atoms with Gasteiger partial charge in [0.15, 0.2) is 0 Å². The molecule has 1 unspecified atom stereocenters. The maximum Gasteiger partial charge on any atom is 0.387 e. The van der Waals surface area contributed by atoms with E-state index >= 15 is 0 Å². The highest BCUT2D eigenvalue weighted by Gasteiger charge is 2.26. The molecule has 2 amide bonds. The third-order valence-corrected chi connectivity index (χ3v) is 3.85. The van der Waals surface area contributed by atoms with Crippen LogP contribution in [-0.4, -0.2) is 36.8 Å². The van der Waals surface area contributed by atoms with E-state index in [-0.39, 0.29) is 17.8 Å². The minimum atomic E-state index is -2.87. The molecule has 0 bridgehead atoms. The molecule has 0 radical (unpaired) electrons. The predicted molar refractivity (Wildman–Crippen MR) is 90.1 cm³/mol. The van der Waals surface area contributed by atoms with Crippen molar-refractivity contribution >= 4 is 17.5 Å². The molecule has 8 heteroatoms. The van der Waals surface area contributed by atoms with Crippen LogP contribution in [0.15, 0.2) is 48.7 Å². The number of urea groups is 1. The first-order valence-electron chi connectivity index (χ1n) is 7.89. The van der Waals surface area contributed by atoms with Crippen molar-refractivity contribution in [2.75, 3.05) is 23.3 Å². The van der Waals surface area contributed by atoms with Crippen molar-refractivity contribution in [3.8, 4) is 5.75 Å². The van der Waals surface area contributed by atoms with Crippen molar-refractivity contribution in [3.63, 3.8) is 0 Å². The summed E-state index contributed by atoms with van der Waals surface area (Å²) in [7, 11) is 0. The molecule has 25 heavy (non-hydrogen) atoms. The summed E-state index contributed by atoms with van der Waals surface area (Å²) in [5.74, 6) is 0.599. The number of pyridine rings is 1. The molecular formula is C17H18F2N4O2. The molecule has 6 nitrogen and oxygen atoms in total. The summed E-state index contributed by atoms with van der Waals surface area (Å²) in [6.45, 7) is -1.72. The van der Waals surface area contributed by atoms with E-state index in [4.69, 9.17) is 0 Å². The molecule has 1 aliphatic heterocycles. The van der Waals surface area contributed by atoms with E-state index in [1.807, 2.05) is 4.90 Å². The second-order valence-corrected chi connectivity index (χ2v) is 5.59. The number of ether oxygens (including phenoxy) is 1. The number of benzene rings is 1. The lowest BCUT2D eigenvalue weighted by Gasteiger charge is -2.22. The molecule has 1 aromatic carbocycles. The molecule has 1 aliphatic rings. The molecule has 0 saturated carbocycles. The molecule has 1 aromatic heterocycles. The Labute approximate surface area is 143 Å². The average molecular weight is 348 g/mol. The van der Waals surface area contributed by atoms with Crippen LogP contribution in [0.3, 0.4) is 0 Å². The molecule has 2 aromatic rings. The van der Waals surface area contributed by atoms with Gasteiger partial charge in [0, 0.05) is 25.3 Å². The standard InChI is InChI=1S/C17H18F2N4O2/c18-16(19)25-14-6-2-1-5-13(14)23-10-8-12(11-23)21-17(24)22-15-7-3-4-9-20-15/h1-7,9,12,16H,8,10-11H2,(H2,20,21,22,24). The Morgan fingerprint density at radius 1 is 1.24 bits per heavy atom. The minimum Gasteiger partial charge on any atom is -0.433 e. The summed E-state index contributed by atoms with van der Waals surface area (Å²) in [5, 5.41) is 5.52. The van der Waals surface area contributed by atoms with Gasteiger partial charge in [0.1, 0.15) is 11.6 Å². The Kier molecular flexibility index (Phi) is 5.27. The molecule has 132 valence electrons. The molecule has 0 aliphatic carbocycles. The lowest BCUT2D eigenvalue weighted by molar-refractivity contribution is -0.0495. The quantitative estimate of drug-likeness (QED) is 0.871. The molecule has 1 fully saturated rings. The van der Waals surface area contributed by atoms with Gasteiger partial charge in [0.2, 0.25) is 0 Å². The van der Waals surface area contributed by atoms with Crippen molar-refractivity contribution in [3.05, 3.63) is 48.7 Å². The topological polar surface area (TPSA) is 66.5 Å². The van der Waals surface area contributed by atoms with Gasteiger partial charge in [0.25, 0.3) is 0 Å². The summed E-state index contributed by atoms with van der Waals surface area (Å²) < 4.78 is 29.6. The fraction of sp³-hybridized carbons (Fsp3) is 0.294. The number of para-hydroxylation sites is 2. The van der Waals surface area contributed by atoms with Crippen molar-refractivity contribution in [1.29, 1.82) is 0 Å². The third kappa shape index (κ3) is 4.56. The van der Waals surface area contributed by atoms with Crippen molar-refractivity contribution in [1.82, 2.24) is 10.3 Å². The van der Waals surface area contributed by atoms with Crippen LogP contribution >= 0.6 is 0 Å². The number of halogens is 2. The van der Waals surface area contributed by atoms with Crippen molar-refractivity contribution in [2.24, 2.45) is 0 Å². The van der Waals surface area contributed by atoms with Gasteiger partial charge < -0.3 is 15.0 Å². The van der Waals surface area contributed by atoms with Gasteiger partial charge in [-0.1, -0.05) is 18.2 Å². The Hall–Kier alpha value is -2.90. The lowest BCUT2D eigenvalue weighted by Crippen LogP contribution is -2.39. The number of anilines is 2. The summed E-state index contributed by atoms with van der Waals surface area (Å²) in [6.07, 6.45) is 2.30. The molecule has 2 N–H and O–H groups in total. The second kappa shape index (κ2) is 7.78. The zero-order valence-electron chi connectivity index (χ0n) is 13.4. The highest BCUT2D eigenvalue weighted by molar-refractivity contribution is 5.88. The van der Waals surface area contributed by atoms with E-state index < -0.39 is 6.61 Å². The van der Waals surface area contributed by atoms with Crippen LogP contribution in [-0.2, 0) is 0 Å². The van der Waals surface area contributed by atoms with Gasteiger partial charge in [-0.3, -0.25) is 5.32 Å². The maximum absolute atomic E-state index is 12.5. The molecule has 1 saturated heterocycles. The van der Waals surface area contributed by atoms with E-state index in [2.05, 4.69) is 20.4 Å². The summed E-state index contributed by atoms with van der Waals surface area (Å²) in [6, 6.07) is 11.4. The molecule has 1 atom stereocenters. The van der Waals surface area contributed by atoms with Crippen LogP contribution in [0.1, 0.15) is 6.42 Å². The number of nitrogens with zero attached hydrogens (tertiary/aromatic N) is 2. The number of aromatic nitrogens is 1. The lowest BCUT2D eigenvalue weighted by atomic mass is 10.2. The van der Waals surface area contributed by atoms with Crippen molar-refractivity contribution in [2.45, 2.75) is 19.1 Å². The van der Waals surface area contributed by atoms with Gasteiger partial charge in [-0.2, -0.15) is 8.78 Å². The number of carbonyl (C=O) groups is 1. The van der Waals surface area contributed by atoms with E-state index in [0.717, 1.165) is 0 Å². The van der Waals surface area contributed by atoms with Crippen LogP contribution in [0.5, 0.6) is 5.75 Å². The number of carbonyl (C=O) groups excluding carboxylic acids is 1. The number of nitrogens with one attached hydrogen (secondary N) is 2. The van der Waals surface area contributed by atoms with Gasteiger partial charge in [-0.25, -0.2) is 9.78 Å². The van der Waals surface area contributed by atoms with Crippen LogP contribution < -0.4 is 20.3 Å². The van der Waals surface area contributed by atoms with E-state index in [1.54, 1.807) is 42.6 Å². The third-order valence-electron chi connectivity index (χ3n) is 3.85. The first kappa shape index (κ1) is 16.9. The number of amides is 2. The molecule has 3 rings (SSSR count). The highest BCUT2D eigenvalue weighted by Crippen LogP contribution is 2.31. The van der Waals surface area contributed by atoms with Crippen LogP contribution in [0.4, 0.5) is 25.1 Å². The zero-order valence-corrected chi connectivity index (χ0v) is 13.4. The van der Waals surface area contributed by atoms with E-state index in [0.29, 0.717) is 31.0 Å². The van der Waals surface area contributed by atoms with Gasteiger partial charge in [-0.05, 0) is 30.7 Å². The van der Waals surface area contributed by atoms with Gasteiger partial charge >= 0.3 is 12.6 Å². The molecule has 2 heterocycles. The van der Waals surface area contributed by atoms with Crippen LogP contribution in [0, 0.1) is 0 Å². The van der Waals surface area contributed by atoms with Crippen molar-refractivity contribution < 1.29 is 18.3 Å². The number of rotatable bonds is 5. The Morgan fingerprint density at radius 2 is 2.04 bits per heavy atom. The fourth-order valence-electron chi connectivity index (χ4n) is 2.79. The molecule has 0 spiro atoms.